The third kappa shape index (κ3) is 2.12. The van der Waals surface area contributed by atoms with Gasteiger partial charge in [0, 0.05) is 5.57 Å². The lowest BCUT2D eigenvalue weighted by Gasteiger charge is -2.20. The van der Waals surface area contributed by atoms with Gasteiger partial charge in [0.25, 0.3) is 5.60 Å². The Morgan fingerprint density at radius 3 is 2.59 bits per heavy atom. The summed E-state index contributed by atoms with van der Waals surface area (Å²) < 4.78 is 10.1. The molecule has 0 bridgehead atoms. The molecule has 1 rings (SSSR count). The number of esters is 1. The van der Waals surface area contributed by atoms with Crippen molar-refractivity contribution < 1.29 is 19.1 Å². The predicted molar refractivity (Wildman–Crippen MR) is 63.3 cm³/mol. The zero-order valence-electron chi connectivity index (χ0n) is 10.9. The van der Waals surface area contributed by atoms with Crippen LogP contribution in [-0.2, 0) is 19.1 Å². The molecule has 0 aromatic carbocycles. The summed E-state index contributed by atoms with van der Waals surface area (Å²) >= 11 is 0. The summed E-state index contributed by atoms with van der Waals surface area (Å²) in [5.41, 5.74) is -0.192. The summed E-state index contributed by atoms with van der Waals surface area (Å²) in [7, 11) is 1.24. The van der Waals surface area contributed by atoms with E-state index in [0.717, 1.165) is 12.0 Å². The Labute approximate surface area is 101 Å². The number of hydrogen-bond donors (Lipinski definition) is 0. The molecule has 1 atom stereocenters. The van der Waals surface area contributed by atoms with E-state index in [1.807, 2.05) is 19.9 Å². The van der Waals surface area contributed by atoms with Crippen molar-refractivity contribution in [3.63, 3.8) is 0 Å². The quantitative estimate of drug-likeness (QED) is 0.558. The molecule has 0 N–H and O–H groups in total. The Kier molecular flexibility index (Phi) is 3.76. The number of ether oxygens (including phenoxy) is 2. The van der Waals surface area contributed by atoms with Gasteiger partial charge in [-0.2, -0.15) is 0 Å². The van der Waals surface area contributed by atoms with Gasteiger partial charge in [-0.25, -0.2) is 4.79 Å². The third-order valence-corrected chi connectivity index (χ3v) is 2.86. The van der Waals surface area contributed by atoms with Gasteiger partial charge in [-0.3, -0.25) is 4.79 Å². The summed E-state index contributed by atoms with van der Waals surface area (Å²) in [5, 5.41) is 0. The molecule has 94 valence electrons. The molecule has 4 heteroatoms. The molecule has 0 aliphatic carbocycles. The lowest BCUT2D eigenvalue weighted by molar-refractivity contribution is -0.163. The molecule has 0 aromatic heterocycles. The standard InChI is InChI=1S/C13H18O4/c1-6-7-8(2)10-9(3)11(14)13(4,17-10)12(15)16-5/h7H,6H2,1-5H3/b8-7+. The monoisotopic (exact) mass is 238 g/mol. The first kappa shape index (κ1) is 13.5. The maximum atomic E-state index is 12.0. The fraction of sp³-hybridized carbons (Fsp3) is 0.538. The largest absolute Gasteiger partial charge is 0.467 e. The molecule has 0 fully saturated rings. The van der Waals surface area contributed by atoms with Crippen LogP contribution in [0.1, 0.15) is 34.1 Å². The van der Waals surface area contributed by atoms with Crippen LogP contribution in [0.15, 0.2) is 23.0 Å². The first-order chi connectivity index (χ1) is 7.88. The number of allylic oxidation sites excluding steroid dienone is 2. The van der Waals surface area contributed by atoms with Crippen LogP contribution in [0.2, 0.25) is 0 Å². The van der Waals surface area contributed by atoms with E-state index in [9.17, 15) is 9.59 Å². The van der Waals surface area contributed by atoms with Gasteiger partial charge in [0.05, 0.1) is 7.11 Å². The predicted octanol–water partition coefficient (Wildman–Crippen LogP) is 2.15. The molecule has 1 unspecified atom stereocenters. The van der Waals surface area contributed by atoms with Gasteiger partial charge in [0.15, 0.2) is 0 Å². The third-order valence-electron chi connectivity index (χ3n) is 2.86. The van der Waals surface area contributed by atoms with Crippen molar-refractivity contribution in [1.82, 2.24) is 0 Å². The van der Waals surface area contributed by atoms with E-state index in [1.54, 1.807) is 6.92 Å². The van der Waals surface area contributed by atoms with Crippen molar-refractivity contribution in [2.45, 2.75) is 39.7 Å². The number of Topliss-reactive ketones (excluding diaryl/α,β-unsaturated/α-hetero) is 1. The van der Waals surface area contributed by atoms with Gasteiger partial charge >= 0.3 is 5.97 Å². The highest BCUT2D eigenvalue weighted by Crippen LogP contribution is 2.35. The Morgan fingerprint density at radius 2 is 2.12 bits per heavy atom. The van der Waals surface area contributed by atoms with E-state index < -0.39 is 11.6 Å². The zero-order valence-corrected chi connectivity index (χ0v) is 10.9. The van der Waals surface area contributed by atoms with Crippen LogP contribution in [0.25, 0.3) is 0 Å². The highest BCUT2D eigenvalue weighted by atomic mass is 16.6. The summed E-state index contributed by atoms with van der Waals surface area (Å²) in [6.07, 6.45) is 2.80. The van der Waals surface area contributed by atoms with Crippen LogP contribution in [-0.4, -0.2) is 24.5 Å². The summed E-state index contributed by atoms with van der Waals surface area (Å²) in [5.74, 6) is -0.505. The van der Waals surface area contributed by atoms with Crippen molar-refractivity contribution in [3.05, 3.63) is 23.0 Å². The summed E-state index contributed by atoms with van der Waals surface area (Å²) in [6, 6.07) is 0. The van der Waals surface area contributed by atoms with E-state index in [1.165, 1.54) is 14.0 Å². The Morgan fingerprint density at radius 1 is 1.53 bits per heavy atom. The number of carbonyl (C=O) groups excluding carboxylic acids is 2. The van der Waals surface area contributed by atoms with Crippen molar-refractivity contribution in [3.8, 4) is 0 Å². The van der Waals surface area contributed by atoms with Crippen LogP contribution in [0, 0.1) is 0 Å². The van der Waals surface area contributed by atoms with Crippen molar-refractivity contribution >= 4 is 11.8 Å². The maximum absolute atomic E-state index is 12.0. The minimum atomic E-state index is -1.53. The smallest absolute Gasteiger partial charge is 0.358 e. The topological polar surface area (TPSA) is 52.6 Å². The van der Waals surface area contributed by atoms with Crippen LogP contribution < -0.4 is 0 Å². The fourth-order valence-corrected chi connectivity index (χ4v) is 1.89. The molecule has 1 aliphatic rings. The van der Waals surface area contributed by atoms with Gasteiger partial charge in [-0.05, 0) is 32.8 Å². The number of carbonyl (C=O) groups is 2. The summed E-state index contributed by atoms with van der Waals surface area (Å²) in [4.78, 5) is 23.6. The van der Waals surface area contributed by atoms with Gasteiger partial charge in [-0.1, -0.05) is 13.0 Å². The van der Waals surface area contributed by atoms with Crippen LogP contribution in [0.4, 0.5) is 0 Å². The van der Waals surface area contributed by atoms with Crippen LogP contribution in [0.5, 0.6) is 0 Å². The number of rotatable bonds is 3. The van der Waals surface area contributed by atoms with E-state index >= 15 is 0 Å². The van der Waals surface area contributed by atoms with Gasteiger partial charge in [-0.15, -0.1) is 0 Å². The van der Waals surface area contributed by atoms with Gasteiger partial charge < -0.3 is 9.47 Å². The molecule has 17 heavy (non-hydrogen) atoms. The number of methoxy groups -OCH3 is 1. The zero-order chi connectivity index (χ0) is 13.2. The second-order valence-corrected chi connectivity index (χ2v) is 4.21. The highest BCUT2D eigenvalue weighted by Gasteiger charge is 2.51. The Bertz CT molecular complexity index is 417. The molecule has 1 heterocycles. The van der Waals surface area contributed by atoms with Crippen molar-refractivity contribution in [2.24, 2.45) is 0 Å². The molecular weight excluding hydrogens is 220 g/mol. The van der Waals surface area contributed by atoms with E-state index in [-0.39, 0.29) is 5.78 Å². The second-order valence-electron chi connectivity index (χ2n) is 4.21. The summed E-state index contributed by atoms with van der Waals surface area (Å²) in [6.45, 7) is 6.96. The fourth-order valence-electron chi connectivity index (χ4n) is 1.89. The minimum Gasteiger partial charge on any atom is -0.467 e. The molecule has 0 saturated heterocycles. The Hall–Kier alpha value is -1.58. The SMILES string of the molecule is CC/C=C(\C)C1=C(C)C(=O)C(C)(C(=O)OC)O1. The first-order valence-corrected chi connectivity index (χ1v) is 5.58. The molecule has 4 nitrogen and oxygen atoms in total. The molecule has 0 aromatic rings. The average Bonchev–Trinajstić information content (AvgIpc) is 2.54. The molecule has 0 spiro atoms. The average molecular weight is 238 g/mol. The van der Waals surface area contributed by atoms with Crippen LogP contribution >= 0.6 is 0 Å². The lowest BCUT2D eigenvalue weighted by atomic mass is 9.97. The van der Waals surface area contributed by atoms with Crippen molar-refractivity contribution in [1.29, 1.82) is 0 Å². The van der Waals surface area contributed by atoms with Crippen LogP contribution in [0.3, 0.4) is 0 Å². The van der Waals surface area contributed by atoms with E-state index in [0.29, 0.717) is 11.3 Å². The van der Waals surface area contributed by atoms with E-state index in [4.69, 9.17) is 4.74 Å². The normalized spacial score (nSPS) is 25.0. The lowest BCUT2D eigenvalue weighted by Crippen LogP contribution is -2.43. The molecular formula is C13H18O4. The van der Waals surface area contributed by atoms with E-state index in [2.05, 4.69) is 4.74 Å². The number of ketones is 1. The van der Waals surface area contributed by atoms with Gasteiger partial charge in [0.2, 0.25) is 5.78 Å². The molecule has 1 aliphatic heterocycles. The highest BCUT2D eigenvalue weighted by molar-refractivity contribution is 6.16. The maximum Gasteiger partial charge on any atom is 0.358 e. The Balaban J connectivity index is 3.12. The minimum absolute atomic E-state index is 0.330. The van der Waals surface area contributed by atoms with Gasteiger partial charge in [0.1, 0.15) is 5.76 Å². The second kappa shape index (κ2) is 4.73. The first-order valence-electron chi connectivity index (χ1n) is 5.58. The molecule has 0 amide bonds. The molecule has 0 saturated carbocycles. The molecule has 0 radical (unpaired) electrons. The van der Waals surface area contributed by atoms with Crippen molar-refractivity contribution in [2.75, 3.05) is 7.11 Å². The number of hydrogen-bond acceptors (Lipinski definition) is 4.